The van der Waals surface area contributed by atoms with Gasteiger partial charge < -0.3 is 15.4 Å². The molecule has 10 heteroatoms. The highest BCUT2D eigenvalue weighted by Crippen LogP contribution is 2.28. The maximum atomic E-state index is 12.9. The van der Waals surface area contributed by atoms with Gasteiger partial charge in [-0.25, -0.2) is 4.39 Å². The molecule has 0 saturated carbocycles. The molecule has 30 heavy (non-hydrogen) atoms. The van der Waals surface area contributed by atoms with E-state index in [9.17, 15) is 24.1 Å². The van der Waals surface area contributed by atoms with E-state index < -0.39 is 10.8 Å². The SMILES string of the molecule is CCN(CC(=O)NCc1ccc(F)cc1)CC(=O)Nc1ccc([N+](=O)[O-])cc1OC. The predicted molar refractivity (Wildman–Crippen MR) is 109 cm³/mol. The Morgan fingerprint density at radius 3 is 2.40 bits per heavy atom. The van der Waals surface area contributed by atoms with Crippen LogP contribution >= 0.6 is 0 Å². The molecule has 2 aromatic rings. The molecule has 0 aliphatic rings. The number of nitro benzene ring substituents is 1. The summed E-state index contributed by atoms with van der Waals surface area (Å²) in [6.07, 6.45) is 0. The highest BCUT2D eigenvalue weighted by atomic mass is 19.1. The summed E-state index contributed by atoms with van der Waals surface area (Å²) in [6.45, 7) is 2.47. The number of amides is 2. The number of carbonyl (C=O) groups is 2. The van der Waals surface area contributed by atoms with E-state index in [1.807, 2.05) is 6.92 Å². The summed E-state index contributed by atoms with van der Waals surface area (Å²) in [5.74, 6) is -0.854. The Hall–Kier alpha value is -3.53. The maximum Gasteiger partial charge on any atom is 0.273 e. The molecule has 0 unspecified atom stereocenters. The Kier molecular flexibility index (Phi) is 8.24. The lowest BCUT2D eigenvalue weighted by atomic mass is 10.2. The molecule has 0 aliphatic carbocycles. The number of anilines is 1. The number of rotatable bonds is 10. The van der Waals surface area contributed by atoms with Crippen molar-refractivity contribution in [1.82, 2.24) is 10.2 Å². The Bertz CT molecular complexity index is 905. The van der Waals surface area contributed by atoms with Gasteiger partial charge in [0.1, 0.15) is 11.6 Å². The zero-order valence-corrected chi connectivity index (χ0v) is 16.7. The van der Waals surface area contributed by atoms with Crippen molar-refractivity contribution < 1.29 is 23.6 Å². The molecular formula is C20H23FN4O5. The number of nitrogens with one attached hydrogen (secondary N) is 2. The number of likely N-dealkylation sites (N-methyl/N-ethyl adjacent to an activating group) is 1. The van der Waals surface area contributed by atoms with Crippen molar-refractivity contribution in [3.8, 4) is 5.75 Å². The van der Waals surface area contributed by atoms with Crippen LogP contribution < -0.4 is 15.4 Å². The number of benzene rings is 2. The van der Waals surface area contributed by atoms with Gasteiger partial charge in [0.15, 0.2) is 0 Å². The van der Waals surface area contributed by atoms with E-state index >= 15 is 0 Å². The van der Waals surface area contributed by atoms with Crippen molar-refractivity contribution >= 4 is 23.2 Å². The van der Waals surface area contributed by atoms with Crippen LogP contribution in [0.25, 0.3) is 0 Å². The molecule has 2 amide bonds. The average Bonchev–Trinajstić information content (AvgIpc) is 2.72. The molecule has 160 valence electrons. The summed E-state index contributed by atoms with van der Waals surface area (Å²) in [5, 5.41) is 16.2. The lowest BCUT2D eigenvalue weighted by Crippen LogP contribution is -2.40. The first-order chi connectivity index (χ1) is 14.3. The second-order valence-corrected chi connectivity index (χ2v) is 6.40. The molecule has 0 atom stereocenters. The van der Waals surface area contributed by atoms with E-state index in [0.717, 1.165) is 5.56 Å². The van der Waals surface area contributed by atoms with Gasteiger partial charge in [-0.15, -0.1) is 0 Å². The minimum atomic E-state index is -0.558. The molecular weight excluding hydrogens is 395 g/mol. The van der Waals surface area contributed by atoms with Crippen LogP contribution in [-0.2, 0) is 16.1 Å². The Balaban J connectivity index is 1.88. The number of carbonyl (C=O) groups excluding carboxylic acids is 2. The first kappa shape index (κ1) is 22.8. The summed E-state index contributed by atoms with van der Waals surface area (Å²) in [5.41, 5.74) is 0.901. The molecule has 9 nitrogen and oxygen atoms in total. The van der Waals surface area contributed by atoms with Gasteiger partial charge >= 0.3 is 0 Å². The van der Waals surface area contributed by atoms with Crippen molar-refractivity contribution in [2.24, 2.45) is 0 Å². The van der Waals surface area contributed by atoms with E-state index in [2.05, 4.69) is 10.6 Å². The van der Waals surface area contributed by atoms with Gasteiger partial charge in [-0.3, -0.25) is 24.6 Å². The van der Waals surface area contributed by atoms with Crippen LogP contribution in [0, 0.1) is 15.9 Å². The van der Waals surface area contributed by atoms with Crippen LogP contribution in [0.15, 0.2) is 42.5 Å². The van der Waals surface area contributed by atoms with Gasteiger partial charge in [0.05, 0.1) is 36.9 Å². The number of non-ortho nitro benzene ring substituents is 1. The number of nitrogens with zero attached hydrogens (tertiary/aromatic N) is 2. The molecule has 0 bridgehead atoms. The van der Waals surface area contributed by atoms with Gasteiger partial charge in [0.25, 0.3) is 5.69 Å². The second-order valence-electron chi connectivity index (χ2n) is 6.40. The number of hydrogen-bond donors (Lipinski definition) is 2. The van der Waals surface area contributed by atoms with Gasteiger partial charge in [-0.05, 0) is 30.3 Å². The number of nitro groups is 1. The van der Waals surface area contributed by atoms with Crippen LogP contribution in [0.2, 0.25) is 0 Å². The lowest BCUT2D eigenvalue weighted by Gasteiger charge is -2.19. The fourth-order valence-corrected chi connectivity index (χ4v) is 2.63. The number of methoxy groups -OCH3 is 1. The minimum Gasteiger partial charge on any atom is -0.494 e. The van der Waals surface area contributed by atoms with Crippen LogP contribution in [0.1, 0.15) is 12.5 Å². The lowest BCUT2D eigenvalue weighted by molar-refractivity contribution is -0.384. The summed E-state index contributed by atoms with van der Waals surface area (Å²) >= 11 is 0. The first-order valence-electron chi connectivity index (χ1n) is 9.18. The Labute approximate surface area is 173 Å². The van der Waals surface area contributed by atoms with E-state index in [1.165, 1.54) is 37.4 Å². The van der Waals surface area contributed by atoms with Crippen LogP contribution in [0.4, 0.5) is 15.8 Å². The zero-order valence-electron chi connectivity index (χ0n) is 16.7. The molecule has 2 aromatic carbocycles. The van der Waals surface area contributed by atoms with Crippen molar-refractivity contribution in [3.63, 3.8) is 0 Å². The van der Waals surface area contributed by atoms with Gasteiger partial charge in [0.2, 0.25) is 11.8 Å². The topological polar surface area (TPSA) is 114 Å². The van der Waals surface area contributed by atoms with Crippen molar-refractivity contribution in [2.75, 3.05) is 32.1 Å². The minimum absolute atomic E-state index is 0.00249. The summed E-state index contributed by atoms with van der Waals surface area (Å²) in [6, 6.07) is 9.67. The monoisotopic (exact) mass is 418 g/mol. The molecule has 0 fully saturated rings. The van der Waals surface area contributed by atoms with Crippen LogP contribution in [0.3, 0.4) is 0 Å². The van der Waals surface area contributed by atoms with Crippen LogP contribution in [-0.4, -0.2) is 48.4 Å². The molecule has 0 heterocycles. The Morgan fingerprint density at radius 2 is 1.80 bits per heavy atom. The van der Waals surface area contributed by atoms with E-state index in [4.69, 9.17) is 4.74 Å². The third-order valence-corrected chi connectivity index (χ3v) is 4.25. The van der Waals surface area contributed by atoms with Gasteiger partial charge in [-0.2, -0.15) is 0 Å². The smallest absolute Gasteiger partial charge is 0.273 e. The molecule has 2 N–H and O–H groups in total. The van der Waals surface area contributed by atoms with E-state index in [1.54, 1.807) is 17.0 Å². The van der Waals surface area contributed by atoms with Crippen molar-refractivity contribution in [3.05, 3.63) is 64.0 Å². The fraction of sp³-hybridized carbons (Fsp3) is 0.300. The molecule has 0 radical (unpaired) electrons. The second kappa shape index (κ2) is 10.9. The maximum absolute atomic E-state index is 12.9. The molecule has 0 aromatic heterocycles. The fourth-order valence-electron chi connectivity index (χ4n) is 2.63. The largest absolute Gasteiger partial charge is 0.494 e. The normalized spacial score (nSPS) is 10.5. The number of halogens is 1. The van der Waals surface area contributed by atoms with E-state index in [-0.39, 0.29) is 42.8 Å². The molecule has 2 rings (SSSR count). The van der Waals surface area contributed by atoms with E-state index in [0.29, 0.717) is 12.2 Å². The summed E-state index contributed by atoms with van der Waals surface area (Å²) < 4.78 is 18.0. The highest BCUT2D eigenvalue weighted by Gasteiger charge is 2.16. The molecule has 0 saturated heterocycles. The summed E-state index contributed by atoms with van der Waals surface area (Å²) in [7, 11) is 1.35. The predicted octanol–water partition coefficient (Wildman–Crippen LogP) is 2.32. The zero-order chi connectivity index (χ0) is 22.1. The average molecular weight is 418 g/mol. The summed E-state index contributed by atoms with van der Waals surface area (Å²) in [4.78, 5) is 36.4. The third kappa shape index (κ3) is 6.82. The third-order valence-electron chi connectivity index (χ3n) is 4.25. The van der Waals surface area contributed by atoms with Crippen LogP contribution in [0.5, 0.6) is 5.75 Å². The van der Waals surface area contributed by atoms with Crippen molar-refractivity contribution in [1.29, 1.82) is 0 Å². The number of ether oxygens (including phenoxy) is 1. The molecule has 0 aliphatic heterocycles. The Morgan fingerprint density at radius 1 is 1.13 bits per heavy atom. The highest BCUT2D eigenvalue weighted by molar-refractivity contribution is 5.94. The quantitative estimate of drug-likeness (QED) is 0.452. The standard InChI is InChI=1S/C20H23FN4O5/c1-3-24(12-19(26)22-11-14-4-6-15(21)7-5-14)13-20(27)23-17-9-8-16(25(28)29)10-18(17)30-2/h4-10H,3,11-13H2,1-2H3,(H,22,26)(H,23,27). The van der Waals surface area contributed by atoms with Gasteiger partial charge in [0, 0.05) is 12.6 Å². The number of hydrogen-bond acceptors (Lipinski definition) is 6. The van der Waals surface area contributed by atoms with Crippen molar-refractivity contribution in [2.45, 2.75) is 13.5 Å². The van der Waals surface area contributed by atoms with Gasteiger partial charge in [-0.1, -0.05) is 19.1 Å². The first-order valence-corrected chi connectivity index (χ1v) is 9.18. The molecule has 0 spiro atoms.